The van der Waals surface area contributed by atoms with Crippen LogP contribution in [0.25, 0.3) is 0 Å². The topological polar surface area (TPSA) is 55.8 Å². The summed E-state index contributed by atoms with van der Waals surface area (Å²) >= 11 is 0. The summed E-state index contributed by atoms with van der Waals surface area (Å²) in [5, 5.41) is 0. The average molecular weight is 363 g/mol. The van der Waals surface area contributed by atoms with Crippen LogP contribution in [0, 0.1) is 17.5 Å². The van der Waals surface area contributed by atoms with Crippen LogP contribution >= 0.6 is 0 Å². The number of hydrogen-bond donors (Lipinski definition) is 0. The van der Waals surface area contributed by atoms with Crippen molar-refractivity contribution in [2.24, 2.45) is 0 Å². The first-order valence-corrected chi connectivity index (χ1v) is 7.39. The van der Waals surface area contributed by atoms with E-state index in [4.69, 9.17) is 4.74 Å². The van der Waals surface area contributed by atoms with Crippen molar-refractivity contribution in [2.45, 2.75) is 13.8 Å². The maximum absolute atomic E-state index is 14.1. The highest BCUT2D eigenvalue weighted by Gasteiger charge is 2.26. The summed E-state index contributed by atoms with van der Waals surface area (Å²) in [6.07, 6.45) is 0.678. The minimum absolute atomic E-state index is 0.00587. The molecule has 0 spiro atoms. The lowest BCUT2D eigenvalue weighted by atomic mass is 10.2. The maximum Gasteiger partial charge on any atom is 0.355 e. The Hall–Kier alpha value is -2.58. The van der Waals surface area contributed by atoms with Gasteiger partial charge < -0.3 is 14.4 Å². The number of nitrogens with zero attached hydrogens (tertiary/aromatic N) is 1. The molecule has 25 heavy (non-hydrogen) atoms. The van der Waals surface area contributed by atoms with E-state index < -0.39 is 54.0 Å². The van der Waals surface area contributed by atoms with E-state index in [9.17, 15) is 27.2 Å². The maximum atomic E-state index is 14.1. The molecule has 9 heteroatoms. The molecule has 0 aliphatic heterocycles. The molecule has 0 saturated carbocycles. The van der Waals surface area contributed by atoms with Gasteiger partial charge in [0.25, 0.3) is 0 Å². The minimum Gasteiger partial charge on any atom is -0.463 e. The fourth-order valence-electron chi connectivity index (χ4n) is 1.93. The van der Waals surface area contributed by atoms with E-state index in [1.807, 2.05) is 0 Å². The zero-order chi connectivity index (χ0) is 19.0. The largest absolute Gasteiger partial charge is 0.463 e. The lowest BCUT2D eigenvalue weighted by Gasteiger charge is -2.25. The lowest BCUT2D eigenvalue weighted by molar-refractivity contribution is -0.141. The highest BCUT2D eigenvalue weighted by molar-refractivity contribution is 5.99. The molecule has 0 atom stereocenters. The van der Waals surface area contributed by atoms with Crippen molar-refractivity contribution in [1.29, 1.82) is 0 Å². The number of ether oxygens (including phenoxy) is 2. The van der Waals surface area contributed by atoms with Crippen molar-refractivity contribution in [3.8, 4) is 0 Å². The second-order valence-corrected chi connectivity index (χ2v) is 4.54. The van der Waals surface area contributed by atoms with E-state index in [0.29, 0.717) is 17.0 Å². The van der Waals surface area contributed by atoms with Gasteiger partial charge in [0.1, 0.15) is 12.4 Å². The Morgan fingerprint density at radius 1 is 1.08 bits per heavy atom. The number of carbonyl (C=O) groups is 2. The SMILES string of the molecule is CCOC(=O)C=C(C(=O)OCC)N(CCF)c1ccc(F)c(F)c1F. The van der Waals surface area contributed by atoms with Gasteiger partial charge in [0.05, 0.1) is 31.5 Å². The molecule has 0 bridgehead atoms. The van der Waals surface area contributed by atoms with Crippen molar-refractivity contribution in [2.75, 3.05) is 31.3 Å². The van der Waals surface area contributed by atoms with Crippen LogP contribution < -0.4 is 4.90 Å². The Balaban J connectivity index is 3.45. The van der Waals surface area contributed by atoms with Crippen molar-refractivity contribution in [1.82, 2.24) is 0 Å². The van der Waals surface area contributed by atoms with Gasteiger partial charge in [-0.1, -0.05) is 0 Å². The van der Waals surface area contributed by atoms with E-state index in [2.05, 4.69) is 4.74 Å². The van der Waals surface area contributed by atoms with Crippen molar-refractivity contribution in [3.63, 3.8) is 0 Å². The number of alkyl halides is 1. The van der Waals surface area contributed by atoms with Crippen LogP contribution in [0.5, 0.6) is 0 Å². The molecule has 0 N–H and O–H groups in total. The Kier molecular flexibility index (Phi) is 7.90. The number of esters is 2. The summed E-state index contributed by atoms with van der Waals surface area (Å²) in [6.45, 7) is 1.24. The number of carbonyl (C=O) groups excluding carboxylic acids is 2. The lowest BCUT2D eigenvalue weighted by Crippen LogP contribution is -2.32. The first-order valence-electron chi connectivity index (χ1n) is 7.39. The van der Waals surface area contributed by atoms with Gasteiger partial charge in [0.2, 0.25) is 0 Å². The third-order valence-corrected chi connectivity index (χ3v) is 2.93. The molecular formula is C16H17F4NO4. The molecule has 0 amide bonds. The molecule has 1 aromatic rings. The van der Waals surface area contributed by atoms with Crippen LogP contribution in [-0.2, 0) is 19.1 Å². The van der Waals surface area contributed by atoms with Gasteiger partial charge in [0, 0.05) is 0 Å². The Morgan fingerprint density at radius 3 is 2.28 bits per heavy atom. The number of hydrogen-bond acceptors (Lipinski definition) is 5. The first-order chi connectivity index (χ1) is 11.9. The van der Waals surface area contributed by atoms with Crippen LogP contribution in [0.2, 0.25) is 0 Å². The summed E-state index contributed by atoms with van der Waals surface area (Å²) in [4.78, 5) is 24.4. The minimum atomic E-state index is -1.79. The number of halogens is 4. The molecule has 0 aromatic heterocycles. The van der Waals surface area contributed by atoms with Crippen LogP contribution in [0.15, 0.2) is 23.9 Å². The zero-order valence-electron chi connectivity index (χ0n) is 13.7. The van der Waals surface area contributed by atoms with E-state index in [0.717, 1.165) is 6.07 Å². The number of benzene rings is 1. The Morgan fingerprint density at radius 2 is 1.72 bits per heavy atom. The van der Waals surface area contributed by atoms with Crippen LogP contribution in [0.3, 0.4) is 0 Å². The smallest absolute Gasteiger partial charge is 0.355 e. The molecule has 0 fully saturated rings. The third-order valence-electron chi connectivity index (χ3n) is 2.93. The van der Waals surface area contributed by atoms with Crippen LogP contribution in [0.1, 0.15) is 13.8 Å². The Labute approximate surface area is 141 Å². The fourth-order valence-corrected chi connectivity index (χ4v) is 1.93. The quantitative estimate of drug-likeness (QED) is 0.308. The second-order valence-electron chi connectivity index (χ2n) is 4.54. The average Bonchev–Trinajstić information content (AvgIpc) is 2.57. The molecule has 1 rings (SSSR count). The summed E-state index contributed by atoms with van der Waals surface area (Å²) < 4.78 is 63.0. The van der Waals surface area contributed by atoms with Gasteiger partial charge in [-0.2, -0.15) is 0 Å². The molecule has 1 aromatic carbocycles. The van der Waals surface area contributed by atoms with E-state index in [1.165, 1.54) is 13.8 Å². The van der Waals surface area contributed by atoms with E-state index in [1.54, 1.807) is 0 Å². The van der Waals surface area contributed by atoms with Gasteiger partial charge in [-0.15, -0.1) is 0 Å². The summed E-state index contributed by atoms with van der Waals surface area (Å²) in [5.41, 5.74) is -1.19. The summed E-state index contributed by atoms with van der Waals surface area (Å²) in [5.74, 6) is -6.91. The van der Waals surface area contributed by atoms with Gasteiger partial charge in [-0.3, -0.25) is 0 Å². The van der Waals surface area contributed by atoms with Crippen molar-refractivity contribution in [3.05, 3.63) is 41.4 Å². The number of anilines is 1. The first kappa shape index (κ1) is 20.5. The van der Waals surface area contributed by atoms with Crippen molar-refractivity contribution >= 4 is 17.6 Å². The normalized spacial score (nSPS) is 11.2. The molecule has 0 unspecified atom stereocenters. The molecule has 0 heterocycles. The van der Waals surface area contributed by atoms with Crippen LogP contribution in [0.4, 0.5) is 23.2 Å². The standard InChI is InChI=1S/C16H17F4NO4/c1-3-24-13(22)9-12(16(23)25-4-2)21(8-7-17)11-6-5-10(18)14(19)15(11)20/h5-6,9H,3-4,7-8H2,1-2H3. The summed E-state index contributed by atoms with van der Waals surface area (Å²) in [6, 6.07) is 1.44. The highest BCUT2D eigenvalue weighted by Crippen LogP contribution is 2.27. The van der Waals surface area contributed by atoms with E-state index >= 15 is 0 Å². The van der Waals surface area contributed by atoms with E-state index in [-0.39, 0.29) is 13.2 Å². The molecule has 0 saturated heterocycles. The molecule has 0 aliphatic carbocycles. The molecular weight excluding hydrogens is 346 g/mol. The molecule has 5 nitrogen and oxygen atoms in total. The second kappa shape index (κ2) is 9.65. The highest BCUT2D eigenvalue weighted by atomic mass is 19.2. The van der Waals surface area contributed by atoms with Gasteiger partial charge >= 0.3 is 11.9 Å². The monoisotopic (exact) mass is 363 g/mol. The molecule has 0 aliphatic rings. The molecule has 138 valence electrons. The fraction of sp³-hybridized carbons (Fsp3) is 0.375. The zero-order valence-corrected chi connectivity index (χ0v) is 13.7. The molecule has 0 radical (unpaired) electrons. The predicted octanol–water partition coefficient (Wildman–Crippen LogP) is 2.89. The third kappa shape index (κ3) is 5.20. The predicted molar refractivity (Wildman–Crippen MR) is 81.0 cm³/mol. The Bertz CT molecular complexity index is 664. The van der Waals surface area contributed by atoms with Gasteiger partial charge in [-0.25, -0.2) is 27.2 Å². The van der Waals surface area contributed by atoms with Gasteiger partial charge in [-0.05, 0) is 26.0 Å². The summed E-state index contributed by atoms with van der Waals surface area (Å²) in [7, 11) is 0. The van der Waals surface area contributed by atoms with Crippen molar-refractivity contribution < 1.29 is 36.6 Å². The number of rotatable bonds is 8. The van der Waals surface area contributed by atoms with Crippen LogP contribution in [-0.4, -0.2) is 38.4 Å². The van der Waals surface area contributed by atoms with Gasteiger partial charge in [0.15, 0.2) is 17.5 Å².